The van der Waals surface area contributed by atoms with Crippen LogP contribution in [0, 0.1) is 5.92 Å². The Morgan fingerprint density at radius 1 is 1.50 bits per heavy atom. The zero-order chi connectivity index (χ0) is 11.9. The summed E-state index contributed by atoms with van der Waals surface area (Å²) in [5, 5.41) is 2.80. The molecule has 2 atom stereocenters. The van der Waals surface area contributed by atoms with Gasteiger partial charge < -0.3 is 15.0 Å². The van der Waals surface area contributed by atoms with Crippen LogP contribution in [0.3, 0.4) is 0 Å². The van der Waals surface area contributed by atoms with Crippen LogP contribution in [0.5, 0.6) is 0 Å². The molecule has 2 unspecified atom stereocenters. The average molecular weight is 226 g/mol. The molecular formula is C11H18N2O3. The highest BCUT2D eigenvalue weighted by molar-refractivity contribution is 5.82. The number of piperidine rings is 1. The highest BCUT2D eigenvalue weighted by atomic mass is 16.6. The smallest absolute Gasteiger partial charge is 0.410 e. The molecule has 0 aromatic carbocycles. The van der Waals surface area contributed by atoms with Crippen LogP contribution in [0.25, 0.3) is 0 Å². The van der Waals surface area contributed by atoms with Crippen LogP contribution in [-0.2, 0) is 9.53 Å². The Morgan fingerprint density at radius 3 is 2.75 bits per heavy atom. The summed E-state index contributed by atoms with van der Waals surface area (Å²) in [4.78, 5) is 25.0. The third-order valence-electron chi connectivity index (χ3n) is 2.93. The van der Waals surface area contributed by atoms with Crippen molar-refractivity contribution in [2.45, 2.75) is 38.8 Å². The fourth-order valence-corrected chi connectivity index (χ4v) is 2.21. The quantitative estimate of drug-likeness (QED) is 0.663. The lowest BCUT2D eigenvalue weighted by Crippen LogP contribution is -2.45. The molecule has 0 aliphatic carbocycles. The van der Waals surface area contributed by atoms with Crippen LogP contribution in [-0.4, -0.2) is 41.6 Å². The first-order chi connectivity index (χ1) is 7.37. The molecule has 5 heteroatoms. The second-order valence-corrected chi connectivity index (χ2v) is 5.46. The Balaban J connectivity index is 2.01. The minimum atomic E-state index is -0.481. The lowest BCUT2D eigenvalue weighted by atomic mass is 10.0. The van der Waals surface area contributed by atoms with Crippen molar-refractivity contribution >= 4 is 12.0 Å². The minimum absolute atomic E-state index is 0.0498. The van der Waals surface area contributed by atoms with Crippen molar-refractivity contribution in [3.63, 3.8) is 0 Å². The molecule has 0 spiro atoms. The highest BCUT2D eigenvalue weighted by Crippen LogP contribution is 2.27. The van der Waals surface area contributed by atoms with E-state index in [1.54, 1.807) is 4.90 Å². The Morgan fingerprint density at radius 2 is 2.19 bits per heavy atom. The Bertz CT molecular complexity index is 322. The molecule has 0 radical (unpaired) electrons. The van der Waals surface area contributed by atoms with Gasteiger partial charge in [-0.25, -0.2) is 4.79 Å². The molecule has 0 aromatic heterocycles. The number of amides is 2. The van der Waals surface area contributed by atoms with Gasteiger partial charge in [-0.1, -0.05) is 0 Å². The molecule has 90 valence electrons. The first kappa shape index (κ1) is 11.2. The average Bonchev–Trinajstić information content (AvgIpc) is 2.49. The second-order valence-electron chi connectivity index (χ2n) is 5.46. The fraction of sp³-hybridized carbons (Fsp3) is 0.818. The highest BCUT2D eigenvalue weighted by Gasteiger charge is 2.43. The molecule has 2 fully saturated rings. The van der Waals surface area contributed by atoms with Gasteiger partial charge in [0.2, 0.25) is 5.91 Å². The van der Waals surface area contributed by atoms with E-state index in [0.29, 0.717) is 13.1 Å². The molecule has 2 aliphatic heterocycles. The number of hydrogen-bond acceptors (Lipinski definition) is 3. The molecule has 2 saturated heterocycles. The second kappa shape index (κ2) is 3.64. The van der Waals surface area contributed by atoms with Gasteiger partial charge in [-0.2, -0.15) is 0 Å². The molecule has 2 heterocycles. The van der Waals surface area contributed by atoms with Crippen molar-refractivity contribution < 1.29 is 14.3 Å². The number of likely N-dealkylation sites (tertiary alicyclic amines) is 1. The molecule has 2 bridgehead atoms. The van der Waals surface area contributed by atoms with Crippen LogP contribution >= 0.6 is 0 Å². The number of carbonyl (C=O) groups is 2. The van der Waals surface area contributed by atoms with Crippen molar-refractivity contribution in [3.05, 3.63) is 0 Å². The Hall–Kier alpha value is -1.26. The van der Waals surface area contributed by atoms with Gasteiger partial charge in [-0.3, -0.25) is 4.79 Å². The third-order valence-corrected chi connectivity index (χ3v) is 2.93. The number of nitrogens with one attached hydrogen (secondary N) is 1. The van der Waals surface area contributed by atoms with Crippen molar-refractivity contribution in [1.29, 1.82) is 0 Å². The van der Waals surface area contributed by atoms with E-state index in [0.717, 1.165) is 6.42 Å². The molecule has 2 aliphatic rings. The van der Waals surface area contributed by atoms with E-state index in [1.165, 1.54) is 0 Å². The summed E-state index contributed by atoms with van der Waals surface area (Å²) in [6.07, 6.45) is 0.460. The van der Waals surface area contributed by atoms with E-state index in [9.17, 15) is 9.59 Å². The third kappa shape index (κ3) is 2.13. The number of carbonyl (C=O) groups excluding carboxylic acids is 2. The van der Waals surface area contributed by atoms with Crippen LogP contribution in [0.2, 0.25) is 0 Å². The van der Waals surface area contributed by atoms with Gasteiger partial charge in [0.25, 0.3) is 0 Å². The van der Waals surface area contributed by atoms with Crippen LogP contribution in [0.1, 0.15) is 27.2 Å². The summed E-state index contributed by atoms with van der Waals surface area (Å²) in [5.41, 5.74) is -0.481. The predicted octanol–water partition coefficient (Wildman–Crippen LogP) is 0.742. The van der Waals surface area contributed by atoms with Gasteiger partial charge in [-0.15, -0.1) is 0 Å². The van der Waals surface area contributed by atoms with Crippen molar-refractivity contribution in [3.8, 4) is 0 Å². The Kier molecular flexibility index (Phi) is 2.56. The summed E-state index contributed by atoms with van der Waals surface area (Å²) in [6, 6.07) is 0.109. The van der Waals surface area contributed by atoms with Crippen LogP contribution < -0.4 is 5.32 Å². The lowest BCUT2D eigenvalue weighted by Gasteiger charge is -2.28. The molecule has 0 saturated carbocycles. The summed E-state index contributed by atoms with van der Waals surface area (Å²) in [7, 11) is 0. The van der Waals surface area contributed by atoms with Gasteiger partial charge in [-0.05, 0) is 27.2 Å². The maximum absolute atomic E-state index is 11.9. The van der Waals surface area contributed by atoms with E-state index < -0.39 is 5.60 Å². The number of nitrogens with zero attached hydrogens (tertiary/aromatic N) is 1. The number of rotatable bonds is 0. The van der Waals surface area contributed by atoms with Crippen molar-refractivity contribution in [2.24, 2.45) is 5.92 Å². The summed E-state index contributed by atoms with van der Waals surface area (Å²) < 4.78 is 5.31. The largest absolute Gasteiger partial charge is 0.444 e. The summed E-state index contributed by atoms with van der Waals surface area (Å²) in [5.74, 6) is 0.00794. The topological polar surface area (TPSA) is 58.6 Å². The first-order valence-corrected chi connectivity index (χ1v) is 5.64. The molecule has 5 nitrogen and oxygen atoms in total. The van der Waals surface area contributed by atoms with E-state index in [4.69, 9.17) is 4.74 Å². The van der Waals surface area contributed by atoms with Gasteiger partial charge in [0.05, 0.1) is 12.0 Å². The molecule has 0 aromatic rings. The maximum atomic E-state index is 11.9. The fourth-order valence-electron chi connectivity index (χ4n) is 2.21. The van der Waals surface area contributed by atoms with E-state index in [2.05, 4.69) is 5.32 Å². The number of hydrogen-bond donors (Lipinski definition) is 1. The van der Waals surface area contributed by atoms with Gasteiger partial charge in [0.1, 0.15) is 5.60 Å². The van der Waals surface area contributed by atoms with Crippen molar-refractivity contribution in [1.82, 2.24) is 10.2 Å². The Labute approximate surface area is 95.1 Å². The standard InChI is InChI=1S/C11H18N2O3/c1-11(2,3)16-10(15)13-6-7-4-8(13)5-12-9(7)14/h7-8H,4-6H2,1-3H3,(H,12,14). The van der Waals surface area contributed by atoms with Crippen LogP contribution in [0.4, 0.5) is 4.79 Å². The predicted molar refractivity (Wildman–Crippen MR) is 57.8 cm³/mol. The maximum Gasteiger partial charge on any atom is 0.410 e. The monoisotopic (exact) mass is 226 g/mol. The van der Waals surface area contributed by atoms with Gasteiger partial charge in [0.15, 0.2) is 0 Å². The SMILES string of the molecule is CC(C)(C)OC(=O)N1CC2CC1CNC2=O. The van der Waals surface area contributed by atoms with Crippen molar-refractivity contribution in [2.75, 3.05) is 13.1 Å². The minimum Gasteiger partial charge on any atom is -0.444 e. The van der Waals surface area contributed by atoms with Gasteiger partial charge >= 0.3 is 6.09 Å². The molecule has 16 heavy (non-hydrogen) atoms. The summed E-state index contributed by atoms with van der Waals surface area (Å²) >= 11 is 0. The normalized spacial score (nSPS) is 28.9. The first-order valence-electron chi connectivity index (χ1n) is 5.64. The van der Waals surface area contributed by atoms with E-state index >= 15 is 0 Å². The zero-order valence-corrected chi connectivity index (χ0v) is 9.95. The molecule has 2 rings (SSSR count). The van der Waals surface area contributed by atoms with E-state index in [-0.39, 0.29) is 24.0 Å². The lowest BCUT2D eigenvalue weighted by molar-refractivity contribution is -0.125. The molecular weight excluding hydrogens is 208 g/mol. The molecule has 2 amide bonds. The van der Waals surface area contributed by atoms with Crippen LogP contribution in [0.15, 0.2) is 0 Å². The number of fused-ring (bicyclic) bond motifs is 2. The van der Waals surface area contributed by atoms with Gasteiger partial charge in [0, 0.05) is 13.1 Å². The molecule has 1 N–H and O–H groups in total. The van der Waals surface area contributed by atoms with E-state index in [1.807, 2.05) is 20.8 Å². The zero-order valence-electron chi connectivity index (χ0n) is 9.95. The number of ether oxygens (including phenoxy) is 1. The summed E-state index contributed by atoms with van der Waals surface area (Å²) in [6.45, 7) is 6.57.